The second-order valence-corrected chi connectivity index (χ2v) is 5.67. The molecule has 1 aliphatic heterocycles. The van der Waals surface area contributed by atoms with E-state index < -0.39 is 0 Å². The molecule has 0 aliphatic carbocycles. The summed E-state index contributed by atoms with van der Waals surface area (Å²) in [5.74, 6) is 1.42. The van der Waals surface area contributed by atoms with E-state index in [4.69, 9.17) is 9.05 Å². The second kappa shape index (κ2) is 6.31. The van der Waals surface area contributed by atoms with Crippen LogP contribution in [-0.4, -0.2) is 52.2 Å². The molecule has 2 aromatic heterocycles. The third-order valence-electron chi connectivity index (χ3n) is 3.79. The molecule has 0 spiro atoms. The van der Waals surface area contributed by atoms with Gasteiger partial charge in [0.1, 0.15) is 11.5 Å². The van der Waals surface area contributed by atoms with Crippen LogP contribution in [0.3, 0.4) is 0 Å². The molecule has 0 atom stereocenters. The van der Waals surface area contributed by atoms with Crippen molar-refractivity contribution in [2.75, 3.05) is 26.2 Å². The fourth-order valence-corrected chi connectivity index (χ4v) is 2.68. The largest absolute Gasteiger partial charge is 0.361 e. The SMILES string of the molecule is Cc1cc(CN2CCCN(C(=O)c3cc(C)on3)CC2)no1. The normalized spacial score (nSPS) is 16.7. The van der Waals surface area contributed by atoms with Crippen LogP contribution < -0.4 is 0 Å². The van der Waals surface area contributed by atoms with Gasteiger partial charge in [-0.3, -0.25) is 9.69 Å². The standard InChI is InChI=1S/C15H20N4O3/c1-11-8-13(16-21-11)10-18-4-3-5-19(7-6-18)15(20)14-9-12(2)22-17-14/h8-9H,3-7,10H2,1-2H3. The van der Waals surface area contributed by atoms with Crippen molar-refractivity contribution in [3.63, 3.8) is 0 Å². The third-order valence-corrected chi connectivity index (χ3v) is 3.79. The number of rotatable bonds is 3. The summed E-state index contributed by atoms with van der Waals surface area (Å²) >= 11 is 0. The number of carbonyl (C=O) groups excluding carboxylic acids is 1. The monoisotopic (exact) mass is 304 g/mol. The first-order valence-corrected chi connectivity index (χ1v) is 7.49. The number of hydrogen-bond acceptors (Lipinski definition) is 6. The predicted molar refractivity (Wildman–Crippen MR) is 78.3 cm³/mol. The zero-order valence-electron chi connectivity index (χ0n) is 12.9. The number of carbonyl (C=O) groups is 1. The number of nitrogens with zero attached hydrogens (tertiary/aromatic N) is 4. The van der Waals surface area contributed by atoms with E-state index in [1.807, 2.05) is 17.9 Å². The Morgan fingerprint density at radius 3 is 2.55 bits per heavy atom. The first kappa shape index (κ1) is 14.8. The summed E-state index contributed by atoms with van der Waals surface area (Å²) in [5.41, 5.74) is 1.32. The lowest BCUT2D eigenvalue weighted by Gasteiger charge is -2.20. The Kier molecular flexibility index (Phi) is 4.24. The zero-order chi connectivity index (χ0) is 15.5. The summed E-state index contributed by atoms with van der Waals surface area (Å²) in [6.07, 6.45) is 0.930. The van der Waals surface area contributed by atoms with Gasteiger partial charge >= 0.3 is 0 Å². The minimum Gasteiger partial charge on any atom is -0.361 e. The molecule has 0 radical (unpaired) electrons. The molecular formula is C15H20N4O3. The molecule has 1 fully saturated rings. The number of aryl methyl sites for hydroxylation is 2. The first-order valence-electron chi connectivity index (χ1n) is 7.49. The highest BCUT2D eigenvalue weighted by Crippen LogP contribution is 2.12. The van der Waals surface area contributed by atoms with E-state index in [9.17, 15) is 4.79 Å². The summed E-state index contributed by atoms with van der Waals surface area (Å²) < 4.78 is 10.1. The van der Waals surface area contributed by atoms with E-state index in [1.165, 1.54) is 0 Å². The van der Waals surface area contributed by atoms with Crippen LogP contribution in [0.1, 0.15) is 34.1 Å². The molecule has 3 heterocycles. The van der Waals surface area contributed by atoms with Gasteiger partial charge in [0, 0.05) is 44.9 Å². The van der Waals surface area contributed by atoms with E-state index in [0.717, 1.165) is 44.1 Å². The Morgan fingerprint density at radius 2 is 1.86 bits per heavy atom. The Labute approximate surface area is 128 Å². The van der Waals surface area contributed by atoms with Gasteiger partial charge in [0.2, 0.25) is 0 Å². The van der Waals surface area contributed by atoms with Gasteiger partial charge < -0.3 is 13.9 Å². The fraction of sp³-hybridized carbons (Fsp3) is 0.533. The molecule has 1 saturated heterocycles. The topological polar surface area (TPSA) is 75.6 Å². The van der Waals surface area contributed by atoms with Gasteiger partial charge in [-0.15, -0.1) is 0 Å². The van der Waals surface area contributed by atoms with Crippen molar-refractivity contribution in [1.29, 1.82) is 0 Å². The Morgan fingerprint density at radius 1 is 1.09 bits per heavy atom. The Hall–Kier alpha value is -2.15. The van der Waals surface area contributed by atoms with Gasteiger partial charge in [0.05, 0.1) is 5.69 Å². The quantitative estimate of drug-likeness (QED) is 0.858. The maximum absolute atomic E-state index is 12.4. The van der Waals surface area contributed by atoms with Crippen molar-refractivity contribution in [2.45, 2.75) is 26.8 Å². The summed E-state index contributed by atoms with van der Waals surface area (Å²) in [6.45, 7) is 7.60. The molecule has 0 saturated carbocycles. The molecule has 7 nitrogen and oxygen atoms in total. The summed E-state index contributed by atoms with van der Waals surface area (Å²) in [5, 5.41) is 7.83. The summed E-state index contributed by atoms with van der Waals surface area (Å²) in [4.78, 5) is 16.5. The van der Waals surface area contributed by atoms with Crippen LogP contribution in [0.15, 0.2) is 21.2 Å². The minimum atomic E-state index is -0.0593. The molecule has 1 amide bonds. The maximum Gasteiger partial charge on any atom is 0.276 e. The van der Waals surface area contributed by atoms with Gasteiger partial charge in [-0.1, -0.05) is 10.3 Å². The highest BCUT2D eigenvalue weighted by molar-refractivity contribution is 5.92. The lowest BCUT2D eigenvalue weighted by molar-refractivity contribution is 0.0750. The van der Waals surface area contributed by atoms with Crippen molar-refractivity contribution in [1.82, 2.24) is 20.1 Å². The number of hydrogen-bond donors (Lipinski definition) is 0. The van der Waals surface area contributed by atoms with Crippen LogP contribution in [0.25, 0.3) is 0 Å². The van der Waals surface area contributed by atoms with Crippen LogP contribution in [-0.2, 0) is 6.54 Å². The van der Waals surface area contributed by atoms with E-state index in [-0.39, 0.29) is 5.91 Å². The zero-order valence-corrected chi connectivity index (χ0v) is 12.9. The fourth-order valence-electron chi connectivity index (χ4n) is 2.68. The molecule has 0 N–H and O–H groups in total. The number of amides is 1. The molecule has 0 aromatic carbocycles. The average molecular weight is 304 g/mol. The molecule has 0 unspecified atom stereocenters. The first-order chi connectivity index (χ1) is 10.6. The minimum absolute atomic E-state index is 0.0593. The van der Waals surface area contributed by atoms with Gasteiger partial charge in [0.25, 0.3) is 5.91 Å². The Balaban J connectivity index is 1.58. The van der Waals surface area contributed by atoms with E-state index >= 15 is 0 Å². The van der Waals surface area contributed by atoms with Crippen LogP contribution in [0.5, 0.6) is 0 Å². The predicted octanol–water partition coefficient (Wildman–Crippen LogP) is 1.63. The highest BCUT2D eigenvalue weighted by Gasteiger charge is 2.23. The van der Waals surface area contributed by atoms with Crippen molar-refractivity contribution >= 4 is 5.91 Å². The van der Waals surface area contributed by atoms with Gasteiger partial charge in [-0.25, -0.2) is 0 Å². The average Bonchev–Trinajstić information content (AvgIpc) is 3.02. The van der Waals surface area contributed by atoms with Crippen LogP contribution in [0.4, 0.5) is 0 Å². The second-order valence-electron chi connectivity index (χ2n) is 5.67. The molecule has 22 heavy (non-hydrogen) atoms. The maximum atomic E-state index is 12.4. The van der Waals surface area contributed by atoms with Crippen molar-refractivity contribution < 1.29 is 13.8 Å². The molecule has 1 aliphatic rings. The molecule has 3 rings (SSSR count). The van der Waals surface area contributed by atoms with Gasteiger partial charge in [-0.2, -0.15) is 0 Å². The van der Waals surface area contributed by atoms with Gasteiger partial charge in [-0.05, 0) is 20.3 Å². The van der Waals surface area contributed by atoms with E-state index in [2.05, 4.69) is 15.2 Å². The summed E-state index contributed by atoms with van der Waals surface area (Å²) in [6, 6.07) is 3.63. The summed E-state index contributed by atoms with van der Waals surface area (Å²) in [7, 11) is 0. The molecular weight excluding hydrogens is 284 g/mol. The Bertz CT molecular complexity index is 649. The van der Waals surface area contributed by atoms with Gasteiger partial charge in [0.15, 0.2) is 5.69 Å². The van der Waals surface area contributed by atoms with Crippen LogP contribution in [0.2, 0.25) is 0 Å². The van der Waals surface area contributed by atoms with E-state index in [1.54, 1.807) is 13.0 Å². The van der Waals surface area contributed by atoms with Crippen molar-refractivity contribution in [2.24, 2.45) is 0 Å². The lowest BCUT2D eigenvalue weighted by Crippen LogP contribution is -2.35. The van der Waals surface area contributed by atoms with Crippen molar-refractivity contribution in [3.05, 3.63) is 35.0 Å². The van der Waals surface area contributed by atoms with Crippen LogP contribution >= 0.6 is 0 Å². The lowest BCUT2D eigenvalue weighted by atomic mass is 10.3. The van der Waals surface area contributed by atoms with E-state index in [0.29, 0.717) is 18.0 Å². The molecule has 2 aromatic rings. The molecule has 7 heteroatoms. The molecule has 0 bridgehead atoms. The van der Waals surface area contributed by atoms with Crippen LogP contribution in [0, 0.1) is 13.8 Å². The van der Waals surface area contributed by atoms with Crippen molar-refractivity contribution in [3.8, 4) is 0 Å². The molecule has 118 valence electrons. The third kappa shape index (κ3) is 3.36. The smallest absolute Gasteiger partial charge is 0.276 e. The number of aromatic nitrogens is 2. The highest BCUT2D eigenvalue weighted by atomic mass is 16.5.